The molecule has 0 aromatic carbocycles. The highest BCUT2D eigenvalue weighted by atomic mass is 32.2. The molecule has 0 bridgehead atoms. The number of hydrogen-bond acceptors (Lipinski definition) is 4. The van der Waals surface area contributed by atoms with E-state index in [0.29, 0.717) is 0 Å². The van der Waals surface area contributed by atoms with E-state index < -0.39 is 14.6 Å². The molecule has 0 N–H and O–H groups in total. The van der Waals surface area contributed by atoms with Gasteiger partial charge < -0.3 is 4.74 Å². The minimum absolute atomic E-state index is 0.108. The van der Waals surface area contributed by atoms with Crippen LogP contribution in [0.2, 0.25) is 0 Å². The van der Waals surface area contributed by atoms with Crippen molar-refractivity contribution in [3.8, 4) is 0 Å². The van der Waals surface area contributed by atoms with Crippen molar-refractivity contribution in [1.82, 2.24) is 0 Å². The number of carbonyl (C=O) groups excluding carboxylic acids is 1. The summed E-state index contributed by atoms with van der Waals surface area (Å²) in [6.45, 7) is 8.82. The minimum Gasteiger partial charge on any atom is -0.452 e. The van der Waals surface area contributed by atoms with E-state index in [1.165, 1.54) is 0 Å². The molecule has 0 amide bonds. The van der Waals surface area contributed by atoms with Crippen LogP contribution in [0.1, 0.15) is 20.8 Å². The largest absolute Gasteiger partial charge is 0.452 e. The van der Waals surface area contributed by atoms with Gasteiger partial charge in [-0.2, -0.15) is 0 Å². The van der Waals surface area contributed by atoms with Crippen LogP contribution in [0.15, 0.2) is 11.5 Å². The Labute approximate surface area is 78.5 Å². The van der Waals surface area contributed by atoms with Crippen LogP contribution < -0.4 is 0 Å². The second-order valence-corrected chi connectivity index (χ2v) is 6.34. The Balaban J connectivity index is 4.67. The summed E-state index contributed by atoms with van der Waals surface area (Å²) in [4.78, 5) is 9.59. The van der Waals surface area contributed by atoms with Crippen LogP contribution in [0, 0.1) is 0 Å². The second-order valence-electron chi connectivity index (χ2n) is 3.53. The molecule has 0 rings (SSSR count). The maximum absolute atomic E-state index is 11.5. The van der Waals surface area contributed by atoms with Gasteiger partial charge in [0.1, 0.15) is 6.61 Å². The Bertz CT molecular complexity index is 295. The lowest BCUT2D eigenvalue weighted by molar-refractivity contribution is 0.310. The zero-order valence-electron chi connectivity index (χ0n) is 7.96. The highest BCUT2D eigenvalue weighted by Crippen LogP contribution is 2.22. The predicted octanol–water partition coefficient (Wildman–Crippen LogP) is 0.797. The molecular weight excluding hydrogens is 192 g/mol. The lowest BCUT2D eigenvalue weighted by Gasteiger charge is -2.19. The summed E-state index contributed by atoms with van der Waals surface area (Å²) < 4.78 is 26.4. The predicted molar refractivity (Wildman–Crippen MR) is 49.5 cm³/mol. The fourth-order valence-corrected chi connectivity index (χ4v) is 1.70. The van der Waals surface area contributed by atoms with Crippen molar-refractivity contribution >= 4 is 16.3 Å². The first-order chi connectivity index (χ1) is 5.73. The van der Waals surface area contributed by atoms with Gasteiger partial charge >= 0.3 is 6.47 Å². The minimum atomic E-state index is -3.45. The molecule has 0 aliphatic carbocycles. The third-order valence-electron chi connectivity index (χ3n) is 1.48. The summed E-state index contributed by atoms with van der Waals surface area (Å²) >= 11 is 0. The van der Waals surface area contributed by atoms with E-state index in [4.69, 9.17) is 0 Å². The number of rotatable bonds is 4. The van der Waals surface area contributed by atoms with Gasteiger partial charge in [0.25, 0.3) is 0 Å². The fourth-order valence-electron chi connectivity index (χ4n) is 0.621. The van der Waals surface area contributed by atoms with Crippen molar-refractivity contribution in [3.63, 3.8) is 0 Å². The van der Waals surface area contributed by atoms with Gasteiger partial charge in [0.05, 0.1) is 9.65 Å². The van der Waals surface area contributed by atoms with Gasteiger partial charge in [-0.25, -0.2) is 13.2 Å². The van der Waals surface area contributed by atoms with E-state index in [1.54, 1.807) is 20.8 Å². The van der Waals surface area contributed by atoms with Gasteiger partial charge in [0.15, 0.2) is 9.84 Å². The molecule has 0 aromatic rings. The Hall–Kier alpha value is -0.840. The quantitative estimate of drug-likeness (QED) is 0.681. The van der Waals surface area contributed by atoms with Gasteiger partial charge in [-0.3, -0.25) is 0 Å². The van der Waals surface area contributed by atoms with Crippen LogP contribution in [0.5, 0.6) is 0 Å². The molecule has 0 aliphatic rings. The average molecular weight is 205 g/mol. The molecule has 13 heavy (non-hydrogen) atoms. The van der Waals surface area contributed by atoms with E-state index in [9.17, 15) is 13.2 Å². The molecule has 1 radical (unpaired) electrons. The van der Waals surface area contributed by atoms with Gasteiger partial charge in [-0.05, 0) is 20.8 Å². The summed E-state index contributed by atoms with van der Waals surface area (Å²) in [5.74, 6) is 0. The van der Waals surface area contributed by atoms with Crippen molar-refractivity contribution in [2.45, 2.75) is 25.5 Å². The standard InChI is InChI=1S/C8H13O4S/c1-7(5-12-6-9)13(10,11)8(2,3)4/h1,5H2,2-4H3. The lowest BCUT2D eigenvalue weighted by atomic mass is 10.3. The van der Waals surface area contributed by atoms with E-state index in [1.807, 2.05) is 0 Å². The Morgan fingerprint density at radius 2 is 1.92 bits per heavy atom. The highest BCUT2D eigenvalue weighted by Gasteiger charge is 2.31. The zero-order chi connectivity index (χ0) is 10.7. The van der Waals surface area contributed by atoms with Crippen molar-refractivity contribution < 1.29 is 17.9 Å². The number of sulfone groups is 1. The van der Waals surface area contributed by atoms with Crippen LogP contribution >= 0.6 is 0 Å². The van der Waals surface area contributed by atoms with Crippen molar-refractivity contribution in [1.29, 1.82) is 0 Å². The van der Waals surface area contributed by atoms with Crippen LogP contribution in [0.3, 0.4) is 0 Å². The topological polar surface area (TPSA) is 60.4 Å². The fraction of sp³-hybridized carbons (Fsp3) is 0.625. The number of ether oxygens (including phenoxy) is 1. The van der Waals surface area contributed by atoms with E-state index in [0.717, 1.165) is 6.47 Å². The smallest absolute Gasteiger partial charge is 0.417 e. The number of hydrogen-bond donors (Lipinski definition) is 0. The van der Waals surface area contributed by atoms with E-state index in [2.05, 4.69) is 11.3 Å². The van der Waals surface area contributed by atoms with Crippen molar-refractivity contribution in [3.05, 3.63) is 11.5 Å². The summed E-state index contributed by atoms with van der Waals surface area (Å²) in [7, 11) is -3.45. The van der Waals surface area contributed by atoms with Crippen LogP contribution in [-0.2, 0) is 19.4 Å². The first-order valence-electron chi connectivity index (χ1n) is 3.65. The maximum atomic E-state index is 11.5. The van der Waals surface area contributed by atoms with Gasteiger partial charge in [0, 0.05) is 0 Å². The van der Waals surface area contributed by atoms with Crippen LogP contribution in [0.4, 0.5) is 0 Å². The van der Waals surface area contributed by atoms with Crippen LogP contribution in [-0.4, -0.2) is 26.2 Å². The SMILES string of the molecule is C=C(CO[C]=O)S(=O)(=O)C(C)(C)C. The molecule has 0 aromatic heterocycles. The van der Waals surface area contributed by atoms with Gasteiger partial charge in [-0.15, -0.1) is 0 Å². The summed E-state index contributed by atoms with van der Waals surface area (Å²) in [6.07, 6.45) is 0. The zero-order valence-corrected chi connectivity index (χ0v) is 8.77. The first-order valence-corrected chi connectivity index (χ1v) is 5.13. The third kappa shape index (κ3) is 2.84. The monoisotopic (exact) mass is 205 g/mol. The second kappa shape index (κ2) is 3.91. The molecule has 4 nitrogen and oxygen atoms in total. The lowest BCUT2D eigenvalue weighted by Crippen LogP contribution is -2.30. The molecule has 75 valence electrons. The normalized spacial score (nSPS) is 12.2. The summed E-state index contributed by atoms with van der Waals surface area (Å²) in [6, 6.07) is 0. The molecule has 5 heteroatoms. The molecule has 0 saturated carbocycles. The van der Waals surface area contributed by atoms with E-state index in [-0.39, 0.29) is 11.5 Å². The van der Waals surface area contributed by atoms with Gasteiger partial charge in [-0.1, -0.05) is 6.58 Å². The first kappa shape index (κ1) is 12.2. The molecular formula is C8H13O4S. The van der Waals surface area contributed by atoms with Crippen molar-refractivity contribution in [2.75, 3.05) is 6.61 Å². The highest BCUT2D eigenvalue weighted by molar-refractivity contribution is 7.96. The van der Waals surface area contributed by atoms with Crippen LogP contribution in [0.25, 0.3) is 0 Å². The maximum Gasteiger partial charge on any atom is 0.417 e. The average Bonchev–Trinajstić information content (AvgIpc) is 1.97. The van der Waals surface area contributed by atoms with Crippen molar-refractivity contribution in [2.24, 2.45) is 0 Å². The molecule has 0 aliphatic heterocycles. The van der Waals surface area contributed by atoms with E-state index >= 15 is 0 Å². The van der Waals surface area contributed by atoms with Gasteiger partial charge in [0.2, 0.25) is 0 Å². The molecule has 0 unspecified atom stereocenters. The molecule has 0 spiro atoms. The Morgan fingerprint density at radius 3 is 2.23 bits per heavy atom. The molecule has 0 saturated heterocycles. The summed E-state index contributed by atoms with van der Waals surface area (Å²) in [5, 5.41) is 0. The summed E-state index contributed by atoms with van der Waals surface area (Å²) in [5.41, 5.74) is 0. The molecule has 0 fully saturated rings. The third-order valence-corrected chi connectivity index (χ3v) is 3.97. The molecule has 0 atom stereocenters. The Morgan fingerprint density at radius 1 is 1.46 bits per heavy atom. The molecule has 0 heterocycles. The Kier molecular flexibility index (Phi) is 3.66.